The van der Waals surface area contributed by atoms with E-state index < -0.39 is 0 Å². The van der Waals surface area contributed by atoms with Gasteiger partial charge in [-0.2, -0.15) is 0 Å². The van der Waals surface area contributed by atoms with Gasteiger partial charge in [-0.25, -0.2) is 0 Å². The van der Waals surface area contributed by atoms with Gasteiger partial charge in [0.05, 0.1) is 8.48 Å². The van der Waals surface area contributed by atoms with Gasteiger partial charge in [0.1, 0.15) is 12.3 Å². The normalized spacial score (nSPS) is 20.8. The van der Waals surface area contributed by atoms with E-state index in [4.69, 9.17) is 6.11 Å². The first-order chi connectivity index (χ1) is 16.0. The number of benzene rings is 1. The minimum absolute atomic E-state index is 0. The van der Waals surface area contributed by atoms with Gasteiger partial charge >= 0.3 is 0 Å². The van der Waals surface area contributed by atoms with Crippen LogP contribution in [0.15, 0.2) is 24.2 Å². The average molecular weight is 517 g/mol. The molecule has 3 aliphatic rings. The van der Waals surface area contributed by atoms with E-state index in [-0.39, 0.29) is 55.3 Å². The molecule has 192 valence electrons. The number of carbonyl (C=O) groups is 2. The summed E-state index contributed by atoms with van der Waals surface area (Å²) in [7, 11) is 3.73. The minimum Gasteiger partial charge on any atom is -0.497 e. The van der Waals surface area contributed by atoms with Crippen LogP contribution in [-0.2, 0) is 4.79 Å². The Kier molecular flexibility index (Phi) is 10.8. The van der Waals surface area contributed by atoms with Gasteiger partial charge in [-0.05, 0) is 70.1 Å². The fourth-order valence-electron chi connectivity index (χ4n) is 5.35. The van der Waals surface area contributed by atoms with E-state index in [2.05, 4.69) is 16.8 Å². The smallest absolute Gasteiger partial charge is 0.254 e. The van der Waals surface area contributed by atoms with Gasteiger partial charge in [-0.3, -0.25) is 14.5 Å². The van der Waals surface area contributed by atoms with Crippen LogP contribution in [0, 0.1) is 0 Å². The van der Waals surface area contributed by atoms with E-state index in [1.165, 1.54) is 12.8 Å². The fraction of sp³-hybridized carbons (Fsp3) is 0.680. The van der Waals surface area contributed by atoms with E-state index >= 15 is 0 Å². The van der Waals surface area contributed by atoms with Gasteiger partial charge < -0.3 is 19.4 Å². The number of nitrogens with zero attached hydrogens (tertiary/aromatic N) is 4. The average Bonchev–Trinajstić information content (AvgIpc) is 3.37. The number of rotatable bonds is 6. The quantitative estimate of drug-likeness (QED) is 0.582. The molecule has 0 atom stereocenters. The third-order valence-corrected chi connectivity index (χ3v) is 7.45. The molecule has 0 radical (unpaired) electrons. The Hall–Kier alpha value is -1.54. The molecule has 2 amide bonds. The first kappa shape index (κ1) is 27.1. The molecule has 0 bridgehead atoms. The van der Waals surface area contributed by atoms with Crippen LogP contribution in [0.1, 0.15) is 50.3 Å². The van der Waals surface area contributed by atoms with Crippen molar-refractivity contribution in [3.63, 3.8) is 0 Å². The third-order valence-electron chi connectivity index (χ3n) is 7.45. The number of ether oxygens (including phenoxy) is 1. The molecule has 9 heteroatoms. The molecule has 4 rings (SSSR count). The predicted molar refractivity (Wildman–Crippen MR) is 139 cm³/mol. The molecule has 1 aliphatic carbocycles. The topological polar surface area (TPSA) is 56.3 Å². The number of halogens is 2. The molecule has 0 unspecified atom stereocenters. The number of carbonyl (C=O) groups excluding carboxylic acids is 2. The Morgan fingerprint density at radius 1 is 1.00 bits per heavy atom. The monoisotopic (exact) mass is 515 g/mol. The van der Waals surface area contributed by atoms with Gasteiger partial charge in [0.2, 0.25) is 5.91 Å². The third kappa shape index (κ3) is 7.00. The maximum absolute atomic E-state index is 13.4. The minimum atomic E-state index is -0.215. The molecule has 1 saturated carbocycles. The lowest BCUT2D eigenvalue weighted by atomic mass is 10.0. The number of amides is 2. The maximum Gasteiger partial charge on any atom is 0.254 e. The highest BCUT2D eigenvalue weighted by Gasteiger charge is 2.32. The van der Waals surface area contributed by atoms with Gasteiger partial charge in [0.25, 0.3) is 5.91 Å². The first-order valence-corrected chi connectivity index (χ1v) is 12.1. The van der Waals surface area contributed by atoms with Crippen molar-refractivity contribution < 1.29 is 15.7 Å². The SMILES string of the molecule is Cl.Cl.[2H]c1cc(OC)ccc1C(=O)N(CC(=O)N1CCN(C2CCN(C)CC2)CC1)C1CCCC1. The number of methoxy groups -OCH3 is 1. The molecule has 3 fully saturated rings. The molecule has 34 heavy (non-hydrogen) atoms. The van der Waals surface area contributed by atoms with Gasteiger partial charge in [-0.15, -0.1) is 24.8 Å². The van der Waals surface area contributed by atoms with Crippen molar-refractivity contribution in [1.82, 2.24) is 19.6 Å². The molecule has 2 aliphatic heterocycles. The van der Waals surface area contributed by atoms with Gasteiger partial charge in [0.15, 0.2) is 0 Å². The zero-order valence-corrected chi connectivity index (χ0v) is 22.0. The Bertz CT molecular complexity index is 840. The van der Waals surface area contributed by atoms with E-state index in [1.807, 2.05) is 4.90 Å². The highest BCUT2D eigenvalue weighted by molar-refractivity contribution is 5.97. The van der Waals surface area contributed by atoms with Crippen LogP contribution in [0.3, 0.4) is 0 Å². The summed E-state index contributed by atoms with van der Waals surface area (Å²) in [5.74, 6) is 0.369. The van der Waals surface area contributed by atoms with E-state index in [9.17, 15) is 9.59 Å². The van der Waals surface area contributed by atoms with Crippen molar-refractivity contribution in [2.75, 3.05) is 60.0 Å². The molecule has 2 saturated heterocycles. The standard InChI is InChI=1S/C25H38N4O3.2ClH/c1-26-13-11-21(12-14-26)27-15-17-28(18-16-27)24(30)19-29(22-5-3-4-6-22)25(31)20-7-9-23(32-2)10-8-20;;/h7-10,21-22H,3-6,11-19H2,1-2H3;2*1H/i7D;;. The lowest BCUT2D eigenvalue weighted by Crippen LogP contribution is -2.56. The number of piperidine rings is 1. The van der Waals surface area contributed by atoms with Crippen molar-refractivity contribution in [2.24, 2.45) is 0 Å². The largest absolute Gasteiger partial charge is 0.497 e. The van der Waals surface area contributed by atoms with Gasteiger partial charge in [-0.1, -0.05) is 12.8 Å². The molecule has 0 aromatic heterocycles. The second-order valence-electron chi connectivity index (χ2n) is 9.46. The van der Waals surface area contributed by atoms with Crippen LogP contribution in [0.25, 0.3) is 0 Å². The zero-order chi connectivity index (χ0) is 23.4. The molecule has 0 N–H and O–H groups in total. The predicted octanol–water partition coefficient (Wildman–Crippen LogP) is 3.16. The fourth-order valence-corrected chi connectivity index (χ4v) is 5.35. The summed E-state index contributed by atoms with van der Waals surface area (Å²) in [6.07, 6.45) is 6.40. The molecule has 1 aromatic carbocycles. The van der Waals surface area contributed by atoms with Crippen LogP contribution in [0.4, 0.5) is 0 Å². The zero-order valence-electron chi connectivity index (χ0n) is 21.4. The summed E-state index contributed by atoms with van der Waals surface area (Å²) >= 11 is 0. The van der Waals surface area contributed by atoms with Crippen LogP contribution >= 0.6 is 24.8 Å². The summed E-state index contributed by atoms with van der Waals surface area (Å²) in [6, 6.07) is 5.76. The van der Waals surface area contributed by atoms with E-state index in [0.717, 1.165) is 65.0 Å². The van der Waals surface area contributed by atoms with E-state index in [1.54, 1.807) is 30.2 Å². The second-order valence-corrected chi connectivity index (χ2v) is 9.46. The Labute approximate surface area is 218 Å². The van der Waals surface area contributed by atoms with Crippen molar-refractivity contribution in [3.05, 3.63) is 29.8 Å². The number of likely N-dealkylation sites (tertiary alicyclic amines) is 1. The van der Waals surface area contributed by atoms with Crippen LogP contribution in [0.2, 0.25) is 0 Å². The summed E-state index contributed by atoms with van der Waals surface area (Å²) in [4.78, 5) is 35.3. The first-order valence-electron chi connectivity index (χ1n) is 12.6. The summed E-state index contributed by atoms with van der Waals surface area (Å²) in [5.41, 5.74) is 0.336. The van der Waals surface area contributed by atoms with Crippen molar-refractivity contribution in [1.29, 1.82) is 0 Å². The Balaban J connectivity index is 0.00000216. The summed E-state index contributed by atoms with van der Waals surface area (Å²) in [6.45, 7) is 5.66. The number of hydrogen-bond acceptors (Lipinski definition) is 5. The lowest BCUT2D eigenvalue weighted by Gasteiger charge is -2.42. The second kappa shape index (κ2) is 13.5. The van der Waals surface area contributed by atoms with E-state index in [0.29, 0.717) is 17.4 Å². The number of hydrogen-bond donors (Lipinski definition) is 0. The Morgan fingerprint density at radius 3 is 2.24 bits per heavy atom. The highest BCUT2D eigenvalue weighted by atomic mass is 35.5. The molecule has 2 heterocycles. The highest BCUT2D eigenvalue weighted by Crippen LogP contribution is 2.26. The van der Waals surface area contributed by atoms with Crippen LogP contribution in [-0.4, -0.2) is 103 Å². The van der Waals surface area contributed by atoms with Crippen molar-refractivity contribution in [2.45, 2.75) is 50.6 Å². The number of piperazine rings is 1. The van der Waals surface area contributed by atoms with Crippen molar-refractivity contribution >= 4 is 36.6 Å². The summed E-state index contributed by atoms with van der Waals surface area (Å²) in [5, 5.41) is 0. The molecule has 1 aromatic rings. The van der Waals surface area contributed by atoms with Gasteiger partial charge in [0, 0.05) is 43.8 Å². The molecule has 7 nitrogen and oxygen atoms in total. The maximum atomic E-state index is 13.4. The molecular weight excluding hydrogens is 475 g/mol. The molecule has 0 spiro atoms. The Morgan fingerprint density at radius 2 is 1.65 bits per heavy atom. The summed E-state index contributed by atoms with van der Waals surface area (Å²) < 4.78 is 13.5. The van der Waals surface area contributed by atoms with Crippen molar-refractivity contribution in [3.8, 4) is 5.75 Å². The van der Waals surface area contributed by atoms with Crippen LogP contribution < -0.4 is 4.74 Å². The molecular formula is C25H40Cl2N4O3. The lowest BCUT2D eigenvalue weighted by molar-refractivity contribution is -0.134. The van der Waals surface area contributed by atoms with Crippen LogP contribution in [0.5, 0.6) is 5.75 Å².